The highest BCUT2D eigenvalue weighted by Gasteiger charge is 2.27. The number of nitrogens with zero attached hydrogens (tertiary/aromatic N) is 1. The number of carbonyl (C=O) groups excluding carboxylic acids is 1. The first-order valence-electron chi connectivity index (χ1n) is 7.58. The van der Waals surface area contributed by atoms with Gasteiger partial charge in [0.05, 0.1) is 6.61 Å². The number of rotatable bonds is 4. The van der Waals surface area contributed by atoms with Crippen molar-refractivity contribution in [3.05, 3.63) is 29.3 Å². The van der Waals surface area contributed by atoms with Gasteiger partial charge in [0.2, 0.25) is 0 Å². The van der Waals surface area contributed by atoms with E-state index in [1.54, 1.807) is 0 Å². The van der Waals surface area contributed by atoms with E-state index in [1.165, 1.54) is 18.4 Å². The maximum Gasteiger partial charge on any atom is 0.254 e. The molecule has 20 heavy (non-hydrogen) atoms. The smallest absolute Gasteiger partial charge is 0.254 e. The third kappa shape index (κ3) is 2.52. The minimum Gasteiger partial charge on any atom is -0.395 e. The van der Waals surface area contributed by atoms with E-state index in [9.17, 15) is 9.90 Å². The van der Waals surface area contributed by atoms with Crippen LogP contribution in [0.5, 0.6) is 0 Å². The molecule has 108 valence electrons. The Labute approximate surface area is 119 Å². The van der Waals surface area contributed by atoms with Gasteiger partial charge < -0.3 is 15.3 Å². The van der Waals surface area contributed by atoms with Gasteiger partial charge in [-0.1, -0.05) is 12.8 Å². The first kappa shape index (κ1) is 13.4. The van der Waals surface area contributed by atoms with Crippen molar-refractivity contribution in [2.24, 2.45) is 0 Å². The Morgan fingerprint density at radius 2 is 2.15 bits per heavy atom. The quantitative estimate of drug-likeness (QED) is 0.883. The average molecular weight is 274 g/mol. The molecule has 1 aromatic carbocycles. The molecule has 4 heteroatoms. The lowest BCUT2D eigenvalue weighted by Crippen LogP contribution is -2.40. The van der Waals surface area contributed by atoms with Crippen molar-refractivity contribution in [3.63, 3.8) is 0 Å². The lowest BCUT2D eigenvalue weighted by molar-refractivity contribution is 0.0638. The highest BCUT2D eigenvalue weighted by Crippen LogP contribution is 2.27. The molecule has 1 amide bonds. The zero-order valence-electron chi connectivity index (χ0n) is 11.8. The van der Waals surface area contributed by atoms with E-state index in [0.29, 0.717) is 12.6 Å². The normalized spacial score (nSPS) is 17.9. The van der Waals surface area contributed by atoms with Crippen molar-refractivity contribution in [3.8, 4) is 0 Å². The van der Waals surface area contributed by atoms with Gasteiger partial charge in [0.1, 0.15) is 0 Å². The Hall–Kier alpha value is -1.55. The molecule has 3 rings (SSSR count). The van der Waals surface area contributed by atoms with Crippen molar-refractivity contribution < 1.29 is 9.90 Å². The molecule has 2 aliphatic rings. The van der Waals surface area contributed by atoms with Crippen molar-refractivity contribution in [2.75, 3.05) is 25.0 Å². The number of hydrogen-bond donors (Lipinski definition) is 2. The molecule has 2 N–H and O–H groups in total. The van der Waals surface area contributed by atoms with Crippen LogP contribution in [0.3, 0.4) is 0 Å². The summed E-state index contributed by atoms with van der Waals surface area (Å²) in [4.78, 5) is 14.6. The Bertz CT molecular complexity index is 495. The molecule has 0 radical (unpaired) electrons. The van der Waals surface area contributed by atoms with E-state index in [2.05, 4.69) is 5.32 Å². The number of fused-ring (bicyclic) bond motifs is 1. The van der Waals surface area contributed by atoms with Crippen LogP contribution in [0, 0.1) is 0 Å². The van der Waals surface area contributed by atoms with Crippen LogP contribution in [0.2, 0.25) is 0 Å². The largest absolute Gasteiger partial charge is 0.395 e. The molecule has 1 heterocycles. The molecule has 0 saturated heterocycles. The first-order valence-corrected chi connectivity index (χ1v) is 7.58. The van der Waals surface area contributed by atoms with Crippen LogP contribution in [-0.2, 0) is 6.42 Å². The van der Waals surface area contributed by atoms with Gasteiger partial charge in [-0.2, -0.15) is 0 Å². The Balaban J connectivity index is 1.81. The number of amides is 1. The van der Waals surface area contributed by atoms with Crippen LogP contribution < -0.4 is 5.32 Å². The zero-order valence-corrected chi connectivity index (χ0v) is 11.8. The number of anilines is 1. The van der Waals surface area contributed by atoms with Crippen LogP contribution >= 0.6 is 0 Å². The highest BCUT2D eigenvalue weighted by molar-refractivity contribution is 5.95. The highest BCUT2D eigenvalue weighted by atomic mass is 16.3. The van der Waals surface area contributed by atoms with Gasteiger partial charge in [-0.25, -0.2) is 0 Å². The summed E-state index contributed by atoms with van der Waals surface area (Å²) < 4.78 is 0. The minimum absolute atomic E-state index is 0.0364. The summed E-state index contributed by atoms with van der Waals surface area (Å²) in [5.41, 5.74) is 3.13. The fraction of sp³-hybridized carbons (Fsp3) is 0.562. The van der Waals surface area contributed by atoms with Crippen LogP contribution in [0.15, 0.2) is 18.2 Å². The molecular formula is C16H22N2O2. The lowest BCUT2D eigenvalue weighted by atomic mass is 10.1. The van der Waals surface area contributed by atoms with E-state index >= 15 is 0 Å². The molecule has 4 nitrogen and oxygen atoms in total. The number of hydrogen-bond acceptors (Lipinski definition) is 3. The minimum atomic E-state index is 0.0364. The Morgan fingerprint density at radius 1 is 1.35 bits per heavy atom. The number of aliphatic hydroxyl groups excluding tert-OH is 1. The molecule has 0 unspecified atom stereocenters. The fourth-order valence-corrected chi connectivity index (χ4v) is 3.38. The molecule has 0 atom stereocenters. The van der Waals surface area contributed by atoms with E-state index < -0.39 is 0 Å². The second kappa shape index (κ2) is 5.83. The van der Waals surface area contributed by atoms with E-state index in [0.717, 1.165) is 37.1 Å². The van der Waals surface area contributed by atoms with Crippen molar-refractivity contribution in [1.29, 1.82) is 0 Å². The Morgan fingerprint density at radius 3 is 2.90 bits per heavy atom. The van der Waals surface area contributed by atoms with Gasteiger partial charge >= 0.3 is 0 Å². The van der Waals surface area contributed by atoms with Crippen LogP contribution in [0.25, 0.3) is 0 Å². The van der Waals surface area contributed by atoms with Gasteiger partial charge in [0.15, 0.2) is 0 Å². The van der Waals surface area contributed by atoms with Crippen LogP contribution in [-0.4, -0.2) is 41.7 Å². The topological polar surface area (TPSA) is 52.6 Å². The maximum absolute atomic E-state index is 12.7. The number of nitrogens with one attached hydrogen (secondary N) is 1. The molecule has 0 aromatic heterocycles. The van der Waals surface area contributed by atoms with Crippen molar-refractivity contribution in [1.82, 2.24) is 4.90 Å². The standard InChI is InChI=1S/C16H22N2O2/c19-10-9-18(14-3-1-2-4-14)16(20)13-5-6-15-12(11-13)7-8-17-15/h5-6,11,14,17,19H,1-4,7-10H2. The van der Waals surface area contributed by atoms with Gasteiger partial charge in [-0.05, 0) is 43.0 Å². The number of carbonyl (C=O) groups is 1. The summed E-state index contributed by atoms with van der Waals surface area (Å²) in [5.74, 6) is 0.0700. The third-order valence-electron chi connectivity index (χ3n) is 4.43. The summed E-state index contributed by atoms with van der Waals surface area (Å²) in [6, 6.07) is 6.22. The molecule has 1 aliphatic heterocycles. The average Bonchev–Trinajstić information content (AvgIpc) is 3.13. The summed E-state index contributed by atoms with van der Waals surface area (Å²) in [6.45, 7) is 1.43. The van der Waals surface area contributed by atoms with Gasteiger partial charge in [-0.3, -0.25) is 4.79 Å². The number of benzene rings is 1. The molecule has 1 aliphatic carbocycles. The van der Waals surface area contributed by atoms with Gasteiger partial charge in [-0.15, -0.1) is 0 Å². The van der Waals surface area contributed by atoms with Crippen molar-refractivity contribution in [2.45, 2.75) is 38.1 Å². The SMILES string of the molecule is O=C(c1ccc2c(c1)CCN2)N(CCO)C1CCCC1. The first-order chi connectivity index (χ1) is 9.79. The van der Waals surface area contributed by atoms with Crippen LogP contribution in [0.1, 0.15) is 41.6 Å². The maximum atomic E-state index is 12.7. The van der Waals surface area contributed by atoms with Crippen molar-refractivity contribution >= 4 is 11.6 Å². The van der Waals surface area contributed by atoms with Crippen LogP contribution in [0.4, 0.5) is 5.69 Å². The van der Waals surface area contributed by atoms with E-state index in [1.807, 2.05) is 23.1 Å². The second-order valence-electron chi connectivity index (χ2n) is 5.71. The van der Waals surface area contributed by atoms with Gasteiger partial charge in [0.25, 0.3) is 5.91 Å². The van der Waals surface area contributed by atoms with E-state index in [4.69, 9.17) is 0 Å². The summed E-state index contributed by atoms with van der Waals surface area (Å²) in [6.07, 6.45) is 5.50. The third-order valence-corrected chi connectivity index (χ3v) is 4.43. The molecule has 0 spiro atoms. The van der Waals surface area contributed by atoms with E-state index in [-0.39, 0.29) is 12.5 Å². The fourth-order valence-electron chi connectivity index (χ4n) is 3.38. The summed E-state index contributed by atoms with van der Waals surface area (Å²) in [7, 11) is 0. The summed E-state index contributed by atoms with van der Waals surface area (Å²) in [5, 5.41) is 12.6. The molecule has 1 saturated carbocycles. The predicted molar refractivity (Wildman–Crippen MR) is 79.0 cm³/mol. The molecule has 1 fully saturated rings. The predicted octanol–water partition coefficient (Wildman–Crippen LogP) is 2.03. The molecule has 1 aromatic rings. The lowest BCUT2D eigenvalue weighted by Gasteiger charge is -2.28. The second-order valence-corrected chi connectivity index (χ2v) is 5.71. The Kier molecular flexibility index (Phi) is 3.92. The molecular weight excluding hydrogens is 252 g/mol. The zero-order chi connectivity index (χ0) is 13.9. The number of aliphatic hydroxyl groups is 1. The monoisotopic (exact) mass is 274 g/mol. The summed E-state index contributed by atoms with van der Waals surface area (Å²) >= 11 is 0. The molecule has 0 bridgehead atoms. The van der Waals surface area contributed by atoms with Gasteiger partial charge in [0, 0.05) is 30.4 Å².